The van der Waals surface area contributed by atoms with Gasteiger partial charge in [-0.25, -0.2) is 0 Å². The highest BCUT2D eigenvalue weighted by Gasteiger charge is 2.35. The summed E-state index contributed by atoms with van der Waals surface area (Å²) in [5.74, 6) is -1.89. The SMILES string of the molecule is O=C(NNC(=O)c1ccccc1C(F)(F)F)c1ccc(CN2C(=O)c3cccc4cccc2c34)cc1. The maximum atomic E-state index is 13.1. The average molecular weight is 489 g/mol. The van der Waals surface area contributed by atoms with Gasteiger partial charge in [-0.1, -0.05) is 48.5 Å². The highest BCUT2D eigenvalue weighted by Crippen LogP contribution is 2.38. The molecular weight excluding hydrogens is 471 g/mol. The maximum absolute atomic E-state index is 13.1. The van der Waals surface area contributed by atoms with Crippen LogP contribution in [0.3, 0.4) is 0 Å². The summed E-state index contributed by atoms with van der Waals surface area (Å²) in [6, 6.07) is 22.0. The molecule has 9 heteroatoms. The van der Waals surface area contributed by atoms with E-state index in [4.69, 9.17) is 0 Å². The van der Waals surface area contributed by atoms with Crippen molar-refractivity contribution in [3.8, 4) is 0 Å². The van der Waals surface area contributed by atoms with Crippen molar-refractivity contribution in [1.29, 1.82) is 0 Å². The van der Waals surface area contributed by atoms with Crippen LogP contribution in [0.1, 0.15) is 42.2 Å². The van der Waals surface area contributed by atoms with Gasteiger partial charge < -0.3 is 4.90 Å². The van der Waals surface area contributed by atoms with E-state index in [0.717, 1.165) is 34.2 Å². The quantitative estimate of drug-likeness (QED) is 0.392. The molecule has 0 aliphatic carbocycles. The predicted octanol–water partition coefficient (Wildman–Crippen LogP) is 5.09. The van der Waals surface area contributed by atoms with Crippen LogP contribution in [-0.2, 0) is 12.7 Å². The van der Waals surface area contributed by atoms with Crippen molar-refractivity contribution < 1.29 is 27.6 Å². The molecule has 0 radical (unpaired) electrons. The van der Waals surface area contributed by atoms with Crippen LogP contribution >= 0.6 is 0 Å². The highest BCUT2D eigenvalue weighted by molar-refractivity contribution is 6.24. The molecular formula is C27H18F3N3O3. The molecule has 2 N–H and O–H groups in total. The second kappa shape index (κ2) is 8.84. The number of carbonyl (C=O) groups excluding carboxylic acids is 3. The van der Waals surface area contributed by atoms with E-state index in [1.54, 1.807) is 23.1 Å². The molecule has 6 nitrogen and oxygen atoms in total. The minimum Gasteiger partial charge on any atom is -0.303 e. The molecule has 4 aromatic rings. The molecule has 1 heterocycles. The van der Waals surface area contributed by atoms with Gasteiger partial charge in [0.2, 0.25) is 0 Å². The zero-order chi connectivity index (χ0) is 25.4. The van der Waals surface area contributed by atoms with Crippen molar-refractivity contribution in [1.82, 2.24) is 10.9 Å². The normalized spacial score (nSPS) is 12.6. The third-order valence-electron chi connectivity index (χ3n) is 5.97. The third-order valence-corrected chi connectivity index (χ3v) is 5.97. The summed E-state index contributed by atoms with van der Waals surface area (Å²) in [7, 11) is 0. The number of anilines is 1. The minimum absolute atomic E-state index is 0.106. The molecule has 0 unspecified atom stereocenters. The van der Waals surface area contributed by atoms with Gasteiger partial charge >= 0.3 is 6.18 Å². The Morgan fingerprint density at radius 3 is 2.17 bits per heavy atom. The minimum atomic E-state index is -4.71. The van der Waals surface area contributed by atoms with E-state index in [2.05, 4.69) is 5.43 Å². The lowest BCUT2D eigenvalue weighted by Crippen LogP contribution is -2.42. The number of rotatable bonds is 4. The first-order valence-corrected chi connectivity index (χ1v) is 10.9. The third kappa shape index (κ3) is 4.15. The Kier molecular flexibility index (Phi) is 5.68. The van der Waals surface area contributed by atoms with Crippen LogP contribution in [0.15, 0.2) is 84.9 Å². The molecule has 180 valence electrons. The van der Waals surface area contributed by atoms with Crippen LogP contribution in [0.5, 0.6) is 0 Å². The monoisotopic (exact) mass is 489 g/mol. The Labute approximate surface area is 203 Å². The number of hydrogen-bond donors (Lipinski definition) is 2. The number of halogens is 3. The fraction of sp³-hybridized carbons (Fsp3) is 0.0741. The molecule has 0 saturated heterocycles. The van der Waals surface area contributed by atoms with Gasteiger partial charge in [0.15, 0.2) is 0 Å². The Morgan fingerprint density at radius 1 is 0.778 bits per heavy atom. The summed E-state index contributed by atoms with van der Waals surface area (Å²) >= 11 is 0. The Balaban J connectivity index is 1.26. The molecule has 5 rings (SSSR count). The second-order valence-corrected chi connectivity index (χ2v) is 8.22. The summed E-state index contributed by atoms with van der Waals surface area (Å²) in [6.45, 7) is 0.291. The van der Waals surface area contributed by atoms with Crippen molar-refractivity contribution in [2.75, 3.05) is 4.90 Å². The van der Waals surface area contributed by atoms with E-state index >= 15 is 0 Å². The van der Waals surface area contributed by atoms with Crippen LogP contribution in [0.25, 0.3) is 10.8 Å². The summed E-state index contributed by atoms with van der Waals surface area (Å²) in [5, 5.41) is 1.89. The maximum Gasteiger partial charge on any atom is 0.417 e. The topological polar surface area (TPSA) is 78.5 Å². The molecule has 0 aromatic heterocycles. The lowest BCUT2D eigenvalue weighted by Gasteiger charge is -2.18. The zero-order valence-electron chi connectivity index (χ0n) is 18.6. The number of hydrogen-bond acceptors (Lipinski definition) is 3. The largest absolute Gasteiger partial charge is 0.417 e. The van der Waals surface area contributed by atoms with Crippen LogP contribution in [0.4, 0.5) is 18.9 Å². The van der Waals surface area contributed by atoms with Gasteiger partial charge in [0.1, 0.15) is 0 Å². The number of benzene rings is 4. The van der Waals surface area contributed by atoms with E-state index in [1.165, 1.54) is 24.3 Å². The van der Waals surface area contributed by atoms with E-state index in [1.807, 2.05) is 35.8 Å². The van der Waals surface area contributed by atoms with Crippen molar-refractivity contribution in [3.63, 3.8) is 0 Å². The van der Waals surface area contributed by atoms with Crippen LogP contribution in [-0.4, -0.2) is 17.7 Å². The predicted molar refractivity (Wildman–Crippen MR) is 127 cm³/mol. The Morgan fingerprint density at radius 2 is 1.44 bits per heavy atom. The van der Waals surface area contributed by atoms with E-state index in [-0.39, 0.29) is 11.5 Å². The molecule has 36 heavy (non-hydrogen) atoms. The number of alkyl halides is 3. The van der Waals surface area contributed by atoms with Crippen LogP contribution in [0, 0.1) is 0 Å². The first-order chi connectivity index (χ1) is 17.2. The van der Waals surface area contributed by atoms with Crippen LogP contribution in [0.2, 0.25) is 0 Å². The van der Waals surface area contributed by atoms with Crippen molar-refractivity contribution in [2.24, 2.45) is 0 Å². The summed E-state index contributed by atoms with van der Waals surface area (Å²) in [4.78, 5) is 39.3. The lowest BCUT2D eigenvalue weighted by atomic mass is 10.1. The summed E-state index contributed by atoms with van der Waals surface area (Å²) < 4.78 is 39.4. The first kappa shape index (κ1) is 23.1. The van der Waals surface area contributed by atoms with E-state index in [9.17, 15) is 27.6 Å². The van der Waals surface area contributed by atoms with Crippen molar-refractivity contribution >= 4 is 34.2 Å². The van der Waals surface area contributed by atoms with Gasteiger partial charge in [-0.15, -0.1) is 0 Å². The fourth-order valence-electron chi connectivity index (χ4n) is 4.26. The van der Waals surface area contributed by atoms with Gasteiger partial charge in [-0.2, -0.15) is 13.2 Å². The Hall–Kier alpha value is -4.66. The Bertz CT molecular complexity index is 1510. The van der Waals surface area contributed by atoms with Gasteiger partial charge in [0.25, 0.3) is 17.7 Å². The number of nitrogens with zero attached hydrogens (tertiary/aromatic N) is 1. The van der Waals surface area contributed by atoms with Gasteiger partial charge in [0, 0.05) is 16.5 Å². The van der Waals surface area contributed by atoms with E-state index < -0.39 is 29.1 Å². The van der Waals surface area contributed by atoms with Gasteiger partial charge in [-0.05, 0) is 47.3 Å². The first-order valence-electron chi connectivity index (χ1n) is 10.9. The smallest absolute Gasteiger partial charge is 0.303 e. The molecule has 1 aliphatic heterocycles. The molecule has 1 aliphatic rings. The van der Waals surface area contributed by atoms with E-state index in [0.29, 0.717) is 12.1 Å². The summed E-state index contributed by atoms with van der Waals surface area (Å²) in [6.07, 6.45) is -4.71. The van der Waals surface area contributed by atoms with Crippen molar-refractivity contribution in [3.05, 3.63) is 113 Å². The zero-order valence-corrected chi connectivity index (χ0v) is 18.6. The molecule has 0 atom stereocenters. The number of hydrazine groups is 1. The molecule has 0 fully saturated rings. The van der Waals surface area contributed by atoms with Crippen LogP contribution < -0.4 is 15.8 Å². The lowest BCUT2D eigenvalue weighted by molar-refractivity contribution is -0.137. The molecule has 0 spiro atoms. The summed E-state index contributed by atoms with van der Waals surface area (Å²) in [5.41, 5.74) is 4.85. The van der Waals surface area contributed by atoms with Crippen molar-refractivity contribution in [2.45, 2.75) is 12.7 Å². The molecule has 0 bridgehead atoms. The molecule has 3 amide bonds. The number of carbonyl (C=O) groups is 3. The highest BCUT2D eigenvalue weighted by atomic mass is 19.4. The standard InChI is InChI=1S/C27H18F3N3O3/c28-27(29,30)21-9-2-1-7-19(21)25(35)32-31-24(34)18-13-11-16(12-14-18)15-33-22-10-4-6-17-5-3-8-20(23(17)22)26(33)36/h1-14H,15H2,(H,31,34)(H,32,35). The van der Waals surface area contributed by atoms with Gasteiger partial charge in [-0.3, -0.25) is 25.2 Å². The average Bonchev–Trinajstić information content (AvgIpc) is 3.15. The molecule has 0 saturated carbocycles. The molecule has 4 aromatic carbocycles. The number of amides is 3. The second-order valence-electron chi connectivity index (χ2n) is 8.22. The fourth-order valence-corrected chi connectivity index (χ4v) is 4.26. The van der Waals surface area contributed by atoms with Gasteiger partial charge in [0.05, 0.1) is 23.4 Å². The number of nitrogens with one attached hydrogen (secondary N) is 2.